The summed E-state index contributed by atoms with van der Waals surface area (Å²) in [5.74, 6) is 0. The fourth-order valence-corrected chi connectivity index (χ4v) is 2.43. The van der Waals surface area contributed by atoms with Crippen molar-refractivity contribution in [3.05, 3.63) is 34.3 Å². The van der Waals surface area contributed by atoms with Gasteiger partial charge in [-0.25, -0.2) is 0 Å². The molecule has 50 valence electrons. The van der Waals surface area contributed by atoms with Gasteiger partial charge in [-0.2, -0.15) is 0 Å². The van der Waals surface area contributed by atoms with E-state index in [-0.39, 0.29) is 19.3 Å². The summed E-state index contributed by atoms with van der Waals surface area (Å²) in [6.45, 7) is 0. The summed E-state index contributed by atoms with van der Waals surface area (Å²) in [6.07, 6.45) is 0. The van der Waals surface area contributed by atoms with E-state index in [1.165, 1.54) is 5.56 Å². The molecule has 0 N–H and O–H groups in total. The Labute approximate surface area is 82.6 Å². The van der Waals surface area contributed by atoms with Gasteiger partial charge in [-0.3, -0.25) is 0 Å². The van der Waals surface area contributed by atoms with E-state index < -0.39 is 0 Å². The number of hydrogen-bond donors (Lipinski definition) is 0. The van der Waals surface area contributed by atoms with Crippen LogP contribution in [-0.4, -0.2) is 19.3 Å². The van der Waals surface area contributed by atoms with Crippen LogP contribution in [0.3, 0.4) is 0 Å². The molecule has 0 amide bonds. The standard InChI is InChI=1S/C7H6Br.ClH.Mg/c1-6-3-2-4-7(8)5-6;;/h2-5H,1H2;1H;/q;;+1/p-1. The van der Waals surface area contributed by atoms with Gasteiger partial charge in [0, 0.05) is 4.47 Å². The molecule has 0 fully saturated rings. The first-order chi connectivity index (χ1) is 4.83. The fraction of sp³-hybridized carbons (Fsp3) is 0.143. The molecule has 0 aromatic heterocycles. The number of halogens is 2. The van der Waals surface area contributed by atoms with Gasteiger partial charge in [0.2, 0.25) is 0 Å². The molecule has 3 heteroatoms. The topological polar surface area (TPSA) is 0 Å². The summed E-state index contributed by atoms with van der Waals surface area (Å²) in [7, 11) is 5.71. The second-order valence-corrected chi connectivity index (χ2v) is 5.00. The molecule has 0 unspecified atom stereocenters. The molecule has 0 aliphatic carbocycles. The van der Waals surface area contributed by atoms with E-state index in [4.69, 9.17) is 9.07 Å². The summed E-state index contributed by atoms with van der Waals surface area (Å²) in [5.41, 5.74) is 1.34. The van der Waals surface area contributed by atoms with Gasteiger partial charge in [0.25, 0.3) is 0 Å². The second kappa shape index (κ2) is 4.60. The van der Waals surface area contributed by atoms with Gasteiger partial charge in [0.1, 0.15) is 0 Å². The maximum absolute atomic E-state index is 5.71. The minimum Gasteiger partial charge on any atom is -0.345 e. The van der Waals surface area contributed by atoms with Crippen molar-refractivity contribution < 1.29 is 0 Å². The third-order valence-corrected chi connectivity index (χ3v) is 3.10. The first-order valence-corrected chi connectivity index (χ1v) is 7.06. The quantitative estimate of drug-likeness (QED) is 0.685. The second-order valence-electron chi connectivity index (χ2n) is 2.07. The molecule has 0 atom stereocenters. The van der Waals surface area contributed by atoms with E-state index in [0.29, 0.717) is 0 Å². The van der Waals surface area contributed by atoms with Crippen LogP contribution in [0.25, 0.3) is 0 Å². The zero-order valence-electron chi connectivity index (χ0n) is 5.48. The van der Waals surface area contributed by atoms with Crippen molar-refractivity contribution in [2.45, 2.75) is 4.55 Å². The van der Waals surface area contributed by atoms with Crippen molar-refractivity contribution in [2.24, 2.45) is 0 Å². The van der Waals surface area contributed by atoms with Crippen molar-refractivity contribution in [1.82, 2.24) is 0 Å². The van der Waals surface area contributed by atoms with Crippen molar-refractivity contribution in [2.75, 3.05) is 0 Å². The van der Waals surface area contributed by atoms with Gasteiger partial charge in [-0.15, -0.1) is 0 Å². The lowest BCUT2D eigenvalue weighted by molar-refractivity contribution is 1.38. The first-order valence-electron chi connectivity index (χ1n) is 3.13. The van der Waals surface area contributed by atoms with Gasteiger partial charge in [-0.05, 0) is 12.1 Å². The average Bonchev–Trinajstić information content (AvgIpc) is 1.88. The molecule has 0 nitrogen and oxygen atoms in total. The molecule has 0 aliphatic heterocycles. The van der Waals surface area contributed by atoms with Crippen LogP contribution < -0.4 is 0 Å². The molecule has 10 heavy (non-hydrogen) atoms. The molecule has 0 bridgehead atoms. The summed E-state index contributed by atoms with van der Waals surface area (Å²) in [5, 5.41) is 0. The Hall–Kier alpha value is 0.756. The molecular weight excluding hydrogens is 224 g/mol. The largest absolute Gasteiger partial charge is 0.505 e. The highest BCUT2D eigenvalue weighted by atomic mass is 79.9. The number of benzene rings is 1. The number of rotatable bonds is 2. The molecule has 0 aliphatic rings. The van der Waals surface area contributed by atoms with Crippen LogP contribution in [0.15, 0.2) is 28.7 Å². The molecule has 0 heterocycles. The van der Waals surface area contributed by atoms with Gasteiger partial charge < -0.3 is 9.07 Å². The van der Waals surface area contributed by atoms with Gasteiger partial charge in [0.15, 0.2) is 0 Å². The summed E-state index contributed by atoms with van der Waals surface area (Å²) < 4.78 is 2.23. The van der Waals surface area contributed by atoms with Crippen LogP contribution in [-0.2, 0) is 4.55 Å². The van der Waals surface area contributed by atoms with Crippen molar-refractivity contribution >= 4 is 44.3 Å². The first kappa shape index (κ1) is 8.85. The van der Waals surface area contributed by atoms with Gasteiger partial charge in [0.05, 0.1) is 0 Å². The third kappa shape index (κ3) is 2.78. The Balaban J connectivity index is 2.75. The Morgan fingerprint density at radius 3 is 2.90 bits per heavy atom. The lowest BCUT2D eigenvalue weighted by Crippen LogP contribution is -1.87. The van der Waals surface area contributed by atoms with Crippen LogP contribution in [0.4, 0.5) is 0 Å². The molecule has 0 radical (unpaired) electrons. The fourth-order valence-electron chi connectivity index (χ4n) is 0.802. The van der Waals surface area contributed by atoms with Crippen LogP contribution in [0.2, 0.25) is 0 Å². The molecule has 0 saturated carbocycles. The minimum absolute atomic E-state index is 0.349. The Morgan fingerprint density at radius 1 is 1.50 bits per heavy atom. The summed E-state index contributed by atoms with van der Waals surface area (Å²) in [6, 6.07) is 8.30. The maximum atomic E-state index is 5.71. The van der Waals surface area contributed by atoms with Crippen molar-refractivity contribution in [1.29, 1.82) is 0 Å². The molecular formula is C7H6BrClMg. The lowest BCUT2D eigenvalue weighted by atomic mass is 10.2. The van der Waals surface area contributed by atoms with E-state index in [1.807, 2.05) is 12.1 Å². The smallest absolute Gasteiger partial charge is 0.345 e. The Morgan fingerprint density at radius 2 is 2.30 bits per heavy atom. The van der Waals surface area contributed by atoms with Crippen LogP contribution in [0.5, 0.6) is 0 Å². The average molecular weight is 230 g/mol. The third-order valence-electron chi connectivity index (χ3n) is 1.27. The van der Waals surface area contributed by atoms with Gasteiger partial charge in [-0.1, -0.05) is 38.2 Å². The Kier molecular flexibility index (Phi) is 4.07. The lowest BCUT2D eigenvalue weighted by Gasteiger charge is -1.95. The molecule has 1 aromatic rings. The van der Waals surface area contributed by atoms with Crippen LogP contribution >= 0.6 is 25.0 Å². The molecule has 0 spiro atoms. The monoisotopic (exact) mass is 228 g/mol. The van der Waals surface area contributed by atoms with E-state index in [2.05, 4.69) is 28.1 Å². The SMILES string of the molecule is [Cl][Mg][CH2]c1cccc(Br)c1. The zero-order chi connectivity index (χ0) is 7.40. The van der Waals surface area contributed by atoms with Gasteiger partial charge >= 0.3 is 19.3 Å². The number of hydrogen-bond acceptors (Lipinski definition) is 0. The predicted octanol–water partition coefficient (Wildman–Crippen LogP) is 2.81. The minimum atomic E-state index is -0.349. The van der Waals surface area contributed by atoms with Crippen molar-refractivity contribution in [3.63, 3.8) is 0 Å². The van der Waals surface area contributed by atoms with E-state index in [1.54, 1.807) is 0 Å². The van der Waals surface area contributed by atoms with Crippen molar-refractivity contribution in [3.8, 4) is 0 Å². The Bertz CT molecular complexity index is 215. The molecule has 1 rings (SSSR count). The van der Waals surface area contributed by atoms with Crippen LogP contribution in [0, 0.1) is 0 Å². The zero-order valence-corrected chi connectivity index (χ0v) is 9.24. The van der Waals surface area contributed by atoms with Crippen LogP contribution in [0.1, 0.15) is 5.56 Å². The van der Waals surface area contributed by atoms with E-state index >= 15 is 0 Å². The highest BCUT2D eigenvalue weighted by molar-refractivity contribution is 9.10. The molecule has 0 saturated heterocycles. The molecule has 1 aromatic carbocycles. The summed E-state index contributed by atoms with van der Waals surface area (Å²) in [4.78, 5) is 0. The predicted molar refractivity (Wildman–Crippen MR) is 49.5 cm³/mol. The summed E-state index contributed by atoms with van der Waals surface area (Å²) >= 11 is 3.06. The van der Waals surface area contributed by atoms with E-state index in [9.17, 15) is 0 Å². The normalized spacial score (nSPS) is 9.00. The highest BCUT2D eigenvalue weighted by Gasteiger charge is 1.94. The van der Waals surface area contributed by atoms with E-state index in [0.717, 1.165) is 9.02 Å². The highest BCUT2D eigenvalue weighted by Crippen LogP contribution is 2.11. The maximum Gasteiger partial charge on any atom is 0.505 e.